The molecule has 0 bridgehead atoms. The topological polar surface area (TPSA) is 70.6 Å². The number of anilines is 1. The van der Waals surface area contributed by atoms with Gasteiger partial charge in [-0.1, -0.05) is 0 Å². The number of carbonyl (C=O) groups is 1. The Bertz CT molecular complexity index is 398. The minimum absolute atomic E-state index is 0.167. The summed E-state index contributed by atoms with van der Waals surface area (Å²) in [5.41, 5.74) is 0.282. The molecule has 1 unspecified atom stereocenters. The molecule has 0 spiro atoms. The number of methoxy groups -OCH3 is 1. The predicted octanol–water partition coefficient (Wildman–Crippen LogP) is 1.34. The smallest absolute Gasteiger partial charge is 0.319 e. The molecule has 0 aliphatic rings. The number of benzene rings is 1. The van der Waals surface area contributed by atoms with E-state index in [1.54, 1.807) is 6.92 Å². The molecule has 0 aliphatic heterocycles. The normalized spacial score (nSPS) is 11.8. The zero-order valence-electron chi connectivity index (χ0n) is 9.66. The third kappa shape index (κ3) is 4.28. The summed E-state index contributed by atoms with van der Waals surface area (Å²) in [6.07, 6.45) is 0. The van der Waals surface area contributed by atoms with Gasteiger partial charge in [-0.05, 0) is 13.0 Å². The Hall–Kier alpha value is -1.82. The second-order valence-corrected chi connectivity index (χ2v) is 3.56. The summed E-state index contributed by atoms with van der Waals surface area (Å²) in [4.78, 5) is 11.4. The molecule has 2 amide bonds. The summed E-state index contributed by atoms with van der Waals surface area (Å²) in [6.45, 7) is 1.48. The SMILES string of the molecule is COc1cc(F)cc(NC(=O)NC(C)CO)c1. The van der Waals surface area contributed by atoms with Crippen molar-refractivity contribution in [3.8, 4) is 5.75 Å². The number of aliphatic hydroxyl groups is 1. The quantitative estimate of drug-likeness (QED) is 0.746. The van der Waals surface area contributed by atoms with Crippen LogP contribution in [0.25, 0.3) is 0 Å². The van der Waals surface area contributed by atoms with Crippen molar-refractivity contribution in [2.24, 2.45) is 0 Å². The molecule has 94 valence electrons. The number of carbonyl (C=O) groups excluding carboxylic acids is 1. The van der Waals surface area contributed by atoms with Crippen LogP contribution in [0.1, 0.15) is 6.92 Å². The van der Waals surface area contributed by atoms with Crippen LogP contribution < -0.4 is 15.4 Å². The van der Waals surface area contributed by atoms with Crippen LogP contribution in [0.5, 0.6) is 5.75 Å². The number of rotatable bonds is 4. The van der Waals surface area contributed by atoms with Gasteiger partial charge in [0, 0.05) is 17.8 Å². The molecule has 1 aromatic carbocycles. The fraction of sp³-hybridized carbons (Fsp3) is 0.364. The van der Waals surface area contributed by atoms with Crippen molar-refractivity contribution in [2.75, 3.05) is 19.0 Å². The second kappa shape index (κ2) is 6.05. The Balaban J connectivity index is 2.67. The zero-order chi connectivity index (χ0) is 12.8. The van der Waals surface area contributed by atoms with E-state index in [2.05, 4.69) is 10.6 Å². The van der Waals surface area contributed by atoms with E-state index < -0.39 is 11.8 Å². The molecule has 6 heteroatoms. The van der Waals surface area contributed by atoms with E-state index in [1.807, 2.05) is 0 Å². The third-order valence-corrected chi connectivity index (χ3v) is 2.02. The molecule has 0 radical (unpaired) electrons. The van der Waals surface area contributed by atoms with Gasteiger partial charge in [-0.2, -0.15) is 0 Å². The van der Waals surface area contributed by atoms with Crippen LogP contribution in [-0.4, -0.2) is 30.9 Å². The van der Waals surface area contributed by atoms with Crippen LogP contribution in [0.2, 0.25) is 0 Å². The number of halogens is 1. The standard InChI is InChI=1S/C11H15FN2O3/c1-7(6-15)13-11(16)14-9-3-8(12)4-10(5-9)17-2/h3-5,7,15H,6H2,1-2H3,(H2,13,14,16). The first-order valence-electron chi connectivity index (χ1n) is 5.08. The van der Waals surface area contributed by atoms with Gasteiger partial charge in [0.1, 0.15) is 11.6 Å². The van der Waals surface area contributed by atoms with E-state index in [1.165, 1.54) is 25.3 Å². The monoisotopic (exact) mass is 242 g/mol. The first kappa shape index (κ1) is 13.2. The van der Waals surface area contributed by atoms with E-state index >= 15 is 0 Å². The summed E-state index contributed by atoms with van der Waals surface area (Å²) in [6, 6.07) is 2.99. The fourth-order valence-electron chi connectivity index (χ4n) is 1.19. The summed E-state index contributed by atoms with van der Waals surface area (Å²) in [5, 5.41) is 13.7. The van der Waals surface area contributed by atoms with Gasteiger partial charge in [0.15, 0.2) is 0 Å². The number of nitrogens with one attached hydrogen (secondary N) is 2. The van der Waals surface area contributed by atoms with Gasteiger partial charge in [-0.15, -0.1) is 0 Å². The maximum atomic E-state index is 13.1. The lowest BCUT2D eigenvalue weighted by molar-refractivity contribution is 0.229. The highest BCUT2D eigenvalue weighted by molar-refractivity contribution is 5.89. The molecule has 0 aromatic heterocycles. The summed E-state index contributed by atoms with van der Waals surface area (Å²) in [5.74, 6) is -0.189. The number of ether oxygens (including phenoxy) is 1. The van der Waals surface area contributed by atoms with Gasteiger partial charge >= 0.3 is 6.03 Å². The predicted molar refractivity (Wildman–Crippen MR) is 61.7 cm³/mol. The minimum Gasteiger partial charge on any atom is -0.497 e. The van der Waals surface area contributed by atoms with Crippen LogP contribution >= 0.6 is 0 Å². The first-order valence-corrected chi connectivity index (χ1v) is 5.08. The van der Waals surface area contributed by atoms with Gasteiger partial charge < -0.3 is 20.5 Å². The summed E-state index contributed by atoms with van der Waals surface area (Å²) >= 11 is 0. The maximum absolute atomic E-state index is 13.1. The van der Waals surface area contributed by atoms with Crippen molar-refractivity contribution in [3.63, 3.8) is 0 Å². The molecule has 1 atom stereocenters. The van der Waals surface area contributed by atoms with E-state index in [0.29, 0.717) is 5.75 Å². The van der Waals surface area contributed by atoms with E-state index in [9.17, 15) is 9.18 Å². The zero-order valence-corrected chi connectivity index (χ0v) is 9.66. The van der Waals surface area contributed by atoms with Gasteiger partial charge in [0.25, 0.3) is 0 Å². The highest BCUT2D eigenvalue weighted by atomic mass is 19.1. The molecule has 0 aliphatic carbocycles. The highest BCUT2D eigenvalue weighted by Crippen LogP contribution is 2.19. The van der Waals surface area contributed by atoms with Gasteiger partial charge in [0.05, 0.1) is 19.8 Å². The number of aliphatic hydroxyl groups excluding tert-OH is 1. The molecule has 3 N–H and O–H groups in total. The third-order valence-electron chi connectivity index (χ3n) is 2.02. The highest BCUT2D eigenvalue weighted by Gasteiger charge is 2.07. The molecule has 1 aromatic rings. The molecule has 0 fully saturated rings. The molecule has 5 nitrogen and oxygen atoms in total. The lowest BCUT2D eigenvalue weighted by Crippen LogP contribution is -2.38. The van der Waals surface area contributed by atoms with Crippen molar-refractivity contribution in [1.29, 1.82) is 0 Å². The van der Waals surface area contributed by atoms with Crippen molar-refractivity contribution >= 4 is 11.7 Å². The Labute approximate surface area is 98.6 Å². The molecule has 0 heterocycles. The van der Waals surface area contributed by atoms with Crippen molar-refractivity contribution in [2.45, 2.75) is 13.0 Å². The number of hydrogen-bond acceptors (Lipinski definition) is 3. The number of urea groups is 1. The molecule has 1 rings (SSSR count). The van der Waals surface area contributed by atoms with Crippen LogP contribution in [-0.2, 0) is 0 Å². The van der Waals surface area contributed by atoms with E-state index in [4.69, 9.17) is 9.84 Å². The average molecular weight is 242 g/mol. The first-order chi connectivity index (χ1) is 8.05. The minimum atomic E-state index is -0.515. The van der Waals surface area contributed by atoms with Crippen LogP contribution in [0.15, 0.2) is 18.2 Å². The van der Waals surface area contributed by atoms with Gasteiger partial charge in [-0.3, -0.25) is 0 Å². The average Bonchev–Trinajstić information content (AvgIpc) is 2.27. The molecule has 0 saturated carbocycles. The second-order valence-electron chi connectivity index (χ2n) is 3.56. The van der Waals surface area contributed by atoms with Crippen molar-refractivity contribution < 1.29 is 19.0 Å². The Morgan fingerprint density at radius 1 is 1.53 bits per heavy atom. The molecule has 0 saturated heterocycles. The Morgan fingerprint density at radius 2 is 2.24 bits per heavy atom. The Kier molecular flexibility index (Phi) is 4.71. The summed E-state index contributed by atoms with van der Waals surface area (Å²) < 4.78 is 18.0. The Morgan fingerprint density at radius 3 is 2.82 bits per heavy atom. The molecular formula is C11H15FN2O3. The lowest BCUT2D eigenvalue weighted by Gasteiger charge is -2.12. The number of amides is 2. The van der Waals surface area contributed by atoms with Crippen LogP contribution in [0.3, 0.4) is 0 Å². The molecule has 17 heavy (non-hydrogen) atoms. The summed E-state index contributed by atoms with van der Waals surface area (Å²) in [7, 11) is 1.41. The largest absolute Gasteiger partial charge is 0.497 e. The van der Waals surface area contributed by atoms with Crippen molar-refractivity contribution in [3.05, 3.63) is 24.0 Å². The maximum Gasteiger partial charge on any atom is 0.319 e. The van der Waals surface area contributed by atoms with E-state index in [0.717, 1.165) is 0 Å². The molecular weight excluding hydrogens is 227 g/mol. The van der Waals surface area contributed by atoms with Gasteiger partial charge in [0.2, 0.25) is 0 Å². The fourth-order valence-corrected chi connectivity index (χ4v) is 1.19. The van der Waals surface area contributed by atoms with Crippen LogP contribution in [0, 0.1) is 5.82 Å². The van der Waals surface area contributed by atoms with Crippen molar-refractivity contribution in [1.82, 2.24) is 5.32 Å². The lowest BCUT2D eigenvalue weighted by atomic mass is 10.3. The van der Waals surface area contributed by atoms with Crippen LogP contribution in [0.4, 0.5) is 14.9 Å². The van der Waals surface area contributed by atoms with Gasteiger partial charge in [-0.25, -0.2) is 9.18 Å². The number of hydrogen-bond donors (Lipinski definition) is 3. The van der Waals surface area contributed by atoms with E-state index in [-0.39, 0.29) is 18.3 Å².